The molecule has 2 aromatic carbocycles. The van der Waals surface area contributed by atoms with Gasteiger partial charge in [-0.1, -0.05) is 12.0 Å². The fourth-order valence-corrected chi connectivity index (χ4v) is 2.16. The summed E-state index contributed by atoms with van der Waals surface area (Å²) in [6.45, 7) is 4.15. The monoisotopic (exact) mass is 363 g/mol. The maximum atomic E-state index is 11.9. The first-order chi connectivity index (χ1) is 13.0. The van der Waals surface area contributed by atoms with E-state index in [2.05, 4.69) is 21.8 Å². The molecule has 0 aliphatic rings. The van der Waals surface area contributed by atoms with Crippen LogP contribution >= 0.6 is 0 Å². The number of carbonyl (C=O) groups excluding carboxylic acids is 2. The normalized spacial score (nSPS) is 10.3. The third-order valence-electron chi connectivity index (χ3n) is 3.72. The van der Waals surface area contributed by atoms with Crippen molar-refractivity contribution in [3.63, 3.8) is 0 Å². The number of aryl methyl sites for hydroxylation is 2. The van der Waals surface area contributed by atoms with Crippen molar-refractivity contribution in [1.82, 2.24) is 5.43 Å². The van der Waals surface area contributed by atoms with Crippen molar-refractivity contribution < 1.29 is 14.3 Å². The Balaban J connectivity index is 1.79. The number of ether oxygens (including phenoxy) is 1. The van der Waals surface area contributed by atoms with Crippen LogP contribution in [0.1, 0.15) is 23.1 Å². The molecule has 0 saturated carbocycles. The molecule has 0 heterocycles. The Kier molecular flexibility index (Phi) is 7.15. The molecule has 0 aliphatic carbocycles. The second-order valence-corrected chi connectivity index (χ2v) is 5.88. The maximum Gasteiger partial charge on any atom is 0.249 e. The van der Waals surface area contributed by atoms with E-state index in [1.54, 1.807) is 30.3 Å². The third kappa shape index (κ3) is 6.67. The number of anilines is 1. The van der Waals surface area contributed by atoms with Crippen molar-refractivity contribution in [2.45, 2.75) is 20.3 Å². The Labute approximate surface area is 158 Å². The Morgan fingerprint density at radius 1 is 1.11 bits per heavy atom. The number of amides is 2. The lowest BCUT2D eigenvalue weighted by molar-refractivity contribution is -0.126. The predicted octanol–water partition coefficient (Wildman–Crippen LogP) is 2.79. The van der Waals surface area contributed by atoms with Gasteiger partial charge in [0.15, 0.2) is 0 Å². The van der Waals surface area contributed by atoms with Crippen molar-refractivity contribution in [2.75, 3.05) is 11.9 Å². The van der Waals surface area contributed by atoms with Crippen molar-refractivity contribution in [2.24, 2.45) is 5.10 Å². The average molecular weight is 363 g/mol. The van der Waals surface area contributed by atoms with Crippen LogP contribution in [-0.2, 0) is 9.59 Å². The average Bonchev–Trinajstić information content (AvgIpc) is 2.64. The highest BCUT2D eigenvalue weighted by Crippen LogP contribution is 2.14. The van der Waals surface area contributed by atoms with Crippen molar-refractivity contribution >= 4 is 23.7 Å². The minimum absolute atomic E-state index is 0.202. The zero-order valence-corrected chi connectivity index (χ0v) is 15.3. The molecule has 0 saturated heterocycles. The molecule has 2 aromatic rings. The predicted molar refractivity (Wildman–Crippen MR) is 106 cm³/mol. The number of nitrogens with zero attached hydrogens (tertiary/aromatic N) is 1. The summed E-state index contributed by atoms with van der Waals surface area (Å²) in [6.07, 6.45) is 6.29. The van der Waals surface area contributed by atoms with Crippen LogP contribution in [0.2, 0.25) is 0 Å². The summed E-state index contributed by atoms with van der Waals surface area (Å²) < 4.78 is 5.26. The lowest BCUT2D eigenvalue weighted by atomic mass is 10.1. The second kappa shape index (κ2) is 9.78. The number of nitrogens with one attached hydrogen (secondary N) is 2. The van der Waals surface area contributed by atoms with Gasteiger partial charge >= 0.3 is 0 Å². The van der Waals surface area contributed by atoms with E-state index in [1.807, 2.05) is 26.0 Å². The molecular weight excluding hydrogens is 342 g/mol. The molecule has 27 heavy (non-hydrogen) atoms. The molecule has 138 valence electrons. The van der Waals surface area contributed by atoms with Gasteiger partial charge in [-0.25, -0.2) is 5.43 Å². The van der Waals surface area contributed by atoms with E-state index in [0.29, 0.717) is 11.4 Å². The molecule has 0 aromatic heterocycles. The standard InChI is InChI=1S/C21H21N3O3/c1-4-11-27-19-9-6-17(7-10-19)14-22-24-21(26)13-20(25)23-18-8-5-15(2)16(3)12-18/h1,5-10,12,14H,11,13H2,2-3H3,(H,23,25)(H,24,26). The molecule has 2 rings (SSSR count). The molecule has 2 amide bonds. The van der Waals surface area contributed by atoms with Crippen LogP contribution < -0.4 is 15.5 Å². The van der Waals surface area contributed by atoms with Gasteiger partial charge in [0.1, 0.15) is 18.8 Å². The first-order valence-corrected chi connectivity index (χ1v) is 8.33. The summed E-state index contributed by atoms with van der Waals surface area (Å²) in [7, 11) is 0. The Hall–Kier alpha value is -3.59. The van der Waals surface area contributed by atoms with Crippen LogP contribution in [0.5, 0.6) is 5.75 Å². The fourth-order valence-electron chi connectivity index (χ4n) is 2.16. The van der Waals surface area contributed by atoms with E-state index >= 15 is 0 Å². The number of hydrogen-bond donors (Lipinski definition) is 2. The lowest BCUT2D eigenvalue weighted by Crippen LogP contribution is -2.24. The van der Waals surface area contributed by atoms with Gasteiger partial charge in [0, 0.05) is 5.69 Å². The van der Waals surface area contributed by atoms with E-state index in [-0.39, 0.29) is 13.0 Å². The van der Waals surface area contributed by atoms with E-state index in [1.165, 1.54) is 6.21 Å². The molecule has 2 N–H and O–H groups in total. The summed E-state index contributed by atoms with van der Waals surface area (Å²) >= 11 is 0. The highest BCUT2D eigenvalue weighted by Gasteiger charge is 2.09. The van der Waals surface area contributed by atoms with Gasteiger partial charge in [-0.05, 0) is 66.9 Å². The van der Waals surface area contributed by atoms with Gasteiger partial charge in [0.05, 0.1) is 6.21 Å². The molecule has 0 fully saturated rings. The largest absolute Gasteiger partial charge is 0.481 e. The van der Waals surface area contributed by atoms with Crippen LogP contribution in [0.15, 0.2) is 47.6 Å². The first kappa shape index (κ1) is 19.7. The van der Waals surface area contributed by atoms with Crippen LogP contribution in [0.25, 0.3) is 0 Å². The molecule has 0 atom stereocenters. The van der Waals surface area contributed by atoms with Gasteiger partial charge in [-0.3, -0.25) is 9.59 Å². The zero-order valence-electron chi connectivity index (χ0n) is 15.3. The van der Waals surface area contributed by atoms with Gasteiger partial charge in [-0.15, -0.1) is 6.42 Å². The van der Waals surface area contributed by atoms with Gasteiger partial charge in [-0.2, -0.15) is 5.10 Å². The minimum atomic E-state index is -0.499. The molecule has 0 radical (unpaired) electrons. The first-order valence-electron chi connectivity index (χ1n) is 8.33. The van der Waals surface area contributed by atoms with E-state index < -0.39 is 11.8 Å². The number of rotatable bonds is 7. The fraction of sp³-hybridized carbons (Fsp3) is 0.190. The lowest BCUT2D eigenvalue weighted by Gasteiger charge is -2.07. The third-order valence-corrected chi connectivity index (χ3v) is 3.72. The highest BCUT2D eigenvalue weighted by atomic mass is 16.5. The van der Waals surface area contributed by atoms with Crippen molar-refractivity contribution in [1.29, 1.82) is 0 Å². The Morgan fingerprint density at radius 2 is 1.85 bits per heavy atom. The van der Waals surface area contributed by atoms with E-state index in [4.69, 9.17) is 11.2 Å². The van der Waals surface area contributed by atoms with Crippen LogP contribution in [0, 0.1) is 26.2 Å². The molecule has 6 nitrogen and oxygen atoms in total. The second-order valence-electron chi connectivity index (χ2n) is 5.88. The van der Waals surface area contributed by atoms with Gasteiger partial charge < -0.3 is 10.1 Å². The SMILES string of the molecule is C#CCOc1ccc(C=NNC(=O)CC(=O)Nc2ccc(C)c(C)c2)cc1. The Bertz CT molecular complexity index is 881. The summed E-state index contributed by atoms with van der Waals surface area (Å²) in [6, 6.07) is 12.6. The number of hydrogen-bond acceptors (Lipinski definition) is 4. The summed E-state index contributed by atoms with van der Waals surface area (Å²) in [5.41, 5.74) is 5.96. The topological polar surface area (TPSA) is 79.8 Å². The minimum Gasteiger partial charge on any atom is -0.481 e. The van der Waals surface area contributed by atoms with Crippen LogP contribution in [-0.4, -0.2) is 24.6 Å². The van der Waals surface area contributed by atoms with Crippen LogP contribution in [0.4, 0.5) is 5.69 Å². The quantitative estimate of drug-likeness (QED) is 0.344. The molecular formula is C21H21N3O3. The highest BCUT2D eigenvalue weighted by molar-refractivity contribution is 6.03. The van der Waals surface area contributed by atoms with Gasteiger partial charge in [0.25, 0.3) is 0 Å². The van der Waals surface area contributed by atoms with Crippen molar-refractivity contribution in [3.05, 3.63) is 59.2 Å². The smallest absolute Gasteiger partial charge is 0.249 e. The molecule has 0 aliphatic heterocycles. The molecule has 0 unspecified atom stereocenters. The van der Waals surface area contributed by atoms with E-state index in [0.717, 1.165) is 16.7 Å². The molecule has 0 spiro atoms. The van der Waals surface area contributed by atoms with Gasteiger partial charge in [0.2, 0.25) is 11.8 Å². The van der Waals surface area contributed by atoms with Crippen LogP contribution in [0.3, 0.4) is 0 Å². The molecule has 0 bridgehead atoms. The number of hydrazone groups is 1. The molecule has 6 heteroatoms. The summed E-state index contributed by atoms with van der Waals surface area (Å²) in [5, 5.41) is 6.53. The Morgan fingerprint density at radius 3 is 2.52 bits per heavy atom. The van der Waals surface area contributed by atoms with Crippen molar-refractivity contribution in [3.8, 4) is 18.1 Å². The number of benzene rings is 2. The number of carbonyl (C=O) groups is 2. The summed E-state index contributed by atoms with van der Waals surface area (Å²) in [5.74, 6) is 2.13. The van der Waals surface area contributed by atoms with E-state index in [9.17, 15) is 9.59 Å². The maximum absolute atomic E-state index is 11.9. The summed E-state index contributed by atoms with van der Waals surface area (Å²) in [4.78, 5) is 23.7. The zero-order chi connectivity index (χ0) is 19.6. The number of terminal acetylenes is 1.